The van der Waals surface area contributed by atoms with E-state index in [2.05, 4.69) is 0 Å². The van der Waals surface area contributed by atoms with Crippen molar-refractivity contribution >= 4 is 12.6 Å². The van der Waals surface area contributed by atoms with Crippen molar-refractivity contribution in [3.05, 3.63) is 30.1 Å². The molecule has 0 saturated carbocycles. The number of hydrogen-bond donors (Lipinski definition) is 2. The van der Waals surface area contributed by atoms with Crippen molar-refractivity contribution in [2.24, 2.45) is 5.41 Å². The lowest BCUT2D eigenvalue weighted by atomic mass is 9.79. The van der Waals surface area contributed by atoms with Gasteiger partial charge in [0, 0.05) is 12.0 Å². The number of halogens is 1. The summed E-state index contributed by atoms with van der Waals surface area (Å²) in [7, 11) is -1.09. The van der Waals surface area contributed by atoms with Gasteiger partial charge >= 0.3 is 7.12 Å². The quantitative estimate of drug-likeness (QED) is 0.720. The molecule has 0 heterocycles. The average Bonchev–Trinajstić information content (AvgIpc) is 2.27. The van der Waals surface area contributed by atoms with Crippen molar-refractivity contribution in [1.29, 1.82) is 0 Å². The fourth-order valence-electron chi connectivity index (χ4n) is 1.07. The minimum absolute atomic E-state index is 0.0247. The molecule has 0 unspecified atom stereocenters. The third-order valence-electron chi connectivity index (χ3n) is 2.22. The van der Waals surface area contributed by atoms with Crippen LogP contribution in [0.5, 0.6) is 0 Å². The van der Waals surface area contributed by atoms with Crippen LogP contribution in [0.1, 0.15) is 13.8 Å². The van der Waals surface area contributed by atoms with Crippen molar-refractivity contribution in [1.82, 2.24) is 0 Å². The van der Waals surface area contributed by atoms with Gasteiger partial charge in [0.1, 0.15) is 5.82 Å². The molecule has 0 fully saturated rings. The summed E-state index contributed by atoms with van der Waals surface area (Å²) in [6.07, 6.45) is 0. The Labute approximate surface area is 95.0 Å². The van der Waals surface area contributed by atoms with Gasteiger partial charge in [0.15, 0.2) is 0 Å². The Morgan fingerprint density at radius 1 is 1.31 bits per heavy atom. The van der Waals surface area contributed by atoms with E-state index in [0.29, 0.717) is 5.46 Å². The molecule has 0 aromatic heterocycles. The second-order valence-electron chi connectivity index (χ2n) is 4.54. The smallest absolute Gasteiger partial charge is 0.423 e. The summed E-state index contributed by atoms with van der Waals surface area (Å²) in [5.74, 6) is -0.355. The molecule has 0 spiro atoms. The Morgan fingerprint density at radius 2 is 1.88 bits per heavy atom. The van der Waals surface area contributed by atoms with Gasteiger partial charge in [-0.25, -0.2) is 4.39 Å². The van der Waals surface area contributed by atoms with Gasteiger partial charge in [-0.1, -0.05) is 26.0 Å². The maximum atomic E-state index is 12.6. The highest BCUT2D eigenvalue weighted by atomic mass is 19.1. The van der Waals surface area contributed by atoms with Crippen LogP contribution in [0.2, 0.25) is 0 Å². The van der Waals surface area contributed by atoms with Gasteiger partial charge in [-0.2, -0.15) is 0 Å². The first-order valence-corrected chi connectivity index (χ1v) is 5.10. The summed E-state index contributed by atoms with van der Waals surface area (Å²) < 4.78 is 17.8. The van der Waals surface area contributed by atoms with Crippen LogP contribution in [-0.2, 0) is 4.65 Å². The van der Waals surface area contributed by atoms with E-state index >= 15 is 0 Å². The van der Waals surface area contributed by atoms with Crippen molar-refractivity contribution < 1.29 is 19.2 Å². The molecule has 5 heteroatoms. The molecule has 0 aliphatic carbocycles. The third kappa shape index (κ3) is 3.92. The third-order valence-corrected chi connectivity index (χ3v) is 2.22. The molecule has 1 aromatic rings. The van der Waals surface area contributed by atoms with Crippen LogP contribution < -0.4 is 5.46 Å². The molecule has 0 bridgehead atoms. The molecule has 0 aliphatic heterocycles. The normalized spacial score (nSPS) is 11.6. The lowest BCUT2D eigenvalue weighted by molar-refractivity contribution is 0.0886. The average molecular weight is 226 g/mol. The molecule has 0 amide bonds. The van der Waals surface area contributed by atoms with E-state index < -0.39 is 12.5 Å². The lowest BCUT2D eigenvalue weighted by Crippen LogP contribution is -2.37. The Balaban J connectivity index is 2.53. The second-order valence-corrected chi connectivity index (χ2v) is 4.54. The van der Waals surface area contributed by atoms with Gasteiger partial charge in [-0.05, 0) is 17.6 Å². The van der Waals surface area contributed by atoms with Crippen LogP contribution in [0.15, 0.2) is 24.3 Å². The number of benzene rings is 1. The number of rotatable bonds is 5. The number of aliphatic hydroxyl groups excluding tert-OH is 1. The van der Waals surface area contributed by atoms with Gasteiger partial charge in [-0.3, -0.25) is 0 Å². The van der Waals surface area contributed by atoms with E-state index in [4.69, 9.17) is 9.76 Å². The predicted molar refractivity (Wildman–Crippen MR) is 60.8 cm³/mol. The van der Waals surface area contributed by atoms with Gasteiger partial charge in [-0.15, -0.1) is 0 Å². The maximum Gasteiger partial charge on any atom is 0.491 e. The Bertz CT molecular complexity index is 327. The summed E-state index contributed by atoms with van der Waals surface area (Å²) >= 11 is 0. The molecule has 0 aliphatic rings. The Hall–Kier alpha value is -0.905. The monoisotopic (exact) mass is 226 g/mol. The first-order chi connectivity index (χ1) is 7.44. The minimum Gasteiger partial charge on any atom is -0.423 e. The highest BCUT2D eigenvalue weighted by molar-refractivity contribution is 6.59. The second kappa shape index (κ2) is 5.43. The van der Waals surface area contributed by atoms with E-state index in [-0.39, 0.29) is 19.0 Å². The minimum atomic E-state index is -1.09. The molecule has 1 aromatic carbocycles. The van der Waals surface area contributed by atoms with Crippen LogP contribution in [0.25, 0.3) is 0 Å². The van der Waals surface area contributed by atoms with Crippen LogP contribution in [-0.4, -0.2) is 30.5 Å². The zero-order valence-electron chi connectivity index (χ0n) is 9.48. The van der Waals surface area contributed by atoms with E-state index in [1.807, 2.05) is 13.8 Å². The maximum absolute atomic E-state index is 12.6. The van der Waals surface area contributed by atoms with Crippen LogP contribution in [0.3, 0.4) is 0 Å². The predicted octanol–water partition coefficient (Wildman–Crippen LogP) is 0.548. The molecular formula is C11H16BFO3. The van der Waals surface area contributed by atoms with Crippen molar-refractivity contribution in [2.45, 2.75) is 13.8 Å². The standard InChI is InChI=1S/C11H16BFO3/c1-11(2,7-14)8-16-12(15)9-3-5-10(13)6-4-9/h3-6,14-15H,7-8H2,1-2H3. The van der Waals surface area contributed by atoms with E-state index in [1.165, 1.54) is 24.3 Å². The zero-order chi connectivity index (χ0) is 12.2. The summed E-state index contributed by atoms with van der Waals surface area (Å²) in [5.41, 5.74) is 0.0937. The van der Waals surface area contributed by atoms with Crippen LogP contribution in [0.4, 0.5) is 4.39 Å². The largest absolute Gasteiger partial charge is 0.491 e. The number of hydrogen-bond acceptors (Lipinski definition) is 3. The summed E-state index contributed by atoms with van der Waals surface area (Å²) in [6.45, 7) is 3.85. The van der Waals surface area contributed by atoms with Gasteiger partial charge in [0.2, 0.25) is 0 Å². The molecule has 0 atom stereocenters. The SMILES string of the molecule is CC(C)(CO)COB(O)c1ccc(F)cc1. The van der Waals surface area contributed by atoms with E-state index in [9.17, 15) is 9.41 Å². The molecule has 0 saturated heterocycles. The first-order valence-electron chi connectivity index (χ1n) is 5.10. The fraction of sp³-hybridized carbons (Fsp3) is 0.455. The zero-order valence-corrected chi connectivity index (χ0v) is 9.48. The molecule has 1 rings (SSSR count). The van der Waals surface area contributed by atoms with E-state index in [1.54, 1.807) is 0 Å². The fourth-order valence-corrected chi connectivity index (χ4v) is 1.07. The van der Waals surface area contributed by atoms with Gasteiger partial charge < -0.3 is 14.8 Å². The van der Waals surface area contributed by atoms with Gasteiger partial charge in [0.25, 0.3) is 0 Å². The topological polar surface area (TPSA) is 49.7 Å². The summed E-state index contributed by atoms with van der Waals surface area (Å²) in [6, 6.07) is 5.45. The van der Waals surface area contributed by atoms with Crippen molar-refractivity contribution in [3.63, 3.8) is 0 Å². The molecule has 3 nitrogen and oxygen atoms in total. The highest BCUT2D eigenvalue weighted by Gasteiger charge is 2.22. The van der Waals surface area contributed by atoms with E-state index in [0.717, 1.165) is 0 Å². The molecule has 0 radical (unpaired) electrons. The highest BCUT2D eigenvalue weighted by Crippen LogP contribution is 2.13. The lowest BCUT2D eigenvalue weighted by Gasteiger charge is -2.22. The van der Waals surface area contributed by atoms with Crippen molar-refractivity contribution in [2.75, 3.05) is 13.2 Å². The Morgan fingerprint density at radius 3 is 2.38 bits per heavy atom. The summed E-state index contributed by atoms with van der Waals surface area (Å²) in [5, 5.41) is 18.6. The molecule has 2 N–H and O–H groups in total. The van der Waals surface area contributed by atoms with Crippen molar-refractivity contribution in [3.8, 4) is 0 Å². The molecule has 88 valence electrons. The summed E-state index contributed by atoms with van der Waals surface area (Å²) in [4.78, 5) is 0. The first kappa shape index (κ1) is 13.2. The molecule has 16 heavy (non-hydrogen) atoms. The van der Waals surface area contributed by atoms with Crippen LogP contribution >= 0.6 is 0 Å². The molecular weight excluding hydrogens is 210 g/mol. The van der Waals surface area contributed by atoms with Crippen LogP contribution in [0, 0.1) is 11.2 Å². The number of aliphatic hydroxyl groups is 1. The van der Waals surface area contributed by atoms with Gasteiger partial charge in [0.05, 0.1) is 6.61 Å². The Kier molecular flexibility index (Phi) is 4.47.